The number of fused-ring (bicyclic) bond motifs is 1. The van der Waals surface area contributed by atoms with Crippen molar-refractivity contribution in [2.75, 3.05) is 0 Å². The van der Waals surface area contributed by atoms with Gasteiger partial charge in [-0.15, -0.1) is 0 Å². The summed E-state index contributed by atoms with van der Waals surface area (Å²) >= 11 is 5.31. The van der Waals surface area contributed by atoms with Crippen LogP contribution >= 0.6 is 12.2 Å². The largest absolute Gasteiger partial charge is 0.337 e. The van der Waals surface area contributed by atoms with Crippen molar-refractivity contribution in [1.82, 2.24) is 24.1 Å². The molecule has 3 rings (SSSR count). The molecular formula is C12H13N5S. The molecule has 0 saturated carbocycles. The van der Waals surface area contributed by atoms with E-state index in [0.717, 1.165) is 35.4 Å². The van der Waals surface area contributed by atoms with Crippen molar-refractivity contribution in [3.05, 3.63) is 41.8 Å². The van der Waals surface area contributed by atoms with Gasteiger partial charge < -0.3 is 14.1 Å². The summed E-state index contributed by atoms with van der Waals surface area (Å²) in [6, 6.07) is 3.90. The molecule has 0 amide bonds. The molecule has 0 spiro atoms. The van der Waals surface area contributed by atoms with Crippen LogP contribution in [0.4, 0.5) is 0 Å². The summed E-state index contributed by atoms with van der Waals surface area (Å²) in [5.74, 6) is 0. The van der Waals surface area contributed by atoms with E-state index in [-0.39, 0.29) is 0 Å². The van der Waals surface area contributed by atoms with Crippen LogP contribution in [0.2, 0.25) is 0 Å². The molecule has 0 radical (unpaired) electrons. The van der Waals surface area contributed by atoms with Gasteiger partial charge in [-0.2, -0.15) is 0 Å². The van der Waals surface area contributed by atoms with E-state index >= 15 is 0 Å². The molecule has 0 aliphatic carbocycles. The maximum Gasteiger partial charge on any atom is 0.179 e. The molecule has 0 aromatic carbocycles. The van der Waals surface area contributed by atoms with Gasteiger partial charge in [0.2, 0.25) is 0 Å². The number of rotatable bonds is 4. The van der Waals surface area contributed by atoms with Gasteiger partial charge in [0.1, 0.15) is 0 Å². The zero-order valence-electron chi connectivity index (χ0n) is 9.78. The number of nitrogens with zero attached hydrogens (tertiary/aromatic N) is 4. The lowest BCUT2D eigenvalue weighted by atomic mass is 10.4. The van der Waals surface area contributed by atoms with Gasteiger partial charge in [-0.25, -0.2) is 9.97 Å². The smallest absolute Gasteiger partial charge is 0.179 e. The molecule has 0 bridgehead atoms. The topological polar surface area (TPSA) is 51.4 Å². The number of nitrogens with one attached hydrogen (secondary N) is 1. The minimum absolute atomic E-state index is 0.731. The van der Waals surface area contributed by atoms with Gasteiger partial charge in [0.05, 0.1) is 11.8 Å². The van der Waals surface area contributed by atoms with Gasteiger partial charge in [0.25, 0.3) is 0 Å². The Kier molecular flexibility index (Phi) is 2.93. The summed E-state index contributed by atoms with van der Waals surface area (Å²) in [4.78, 5) is 11.6. The molecule has 6 heteroatoms. The standard InChI is InChI=1S/C12H13N5S/c18-12-15-10-3-1-4-14-11(10)17(12)7-2-6-16-8-5-13-9-16/h1,3-5,8-9H,2,6-7H2,(H,15,18). The minimum Gasteiger partial charge on any atom is -0.337 e. The molecule has 3 aromatic heterocycles. The van der Waals surface area contributed by atoms with Crippen molar-refractivity contribution < 1.29 is 0 Å². The highest BCUT2D eigenvalue weighted by Gasteiger charge is 2.04. The molecule has 0 atom stereocenters. The predicted molar refractivity (Wildman–Crippen MR) is 71.8 cm³/mol. The molecule has 0 fully saturated rings. The number of H-pyrrole nitrogens is 1. The summed E-state index contributed by atoms with van der Waals surface area (Å²) in [6.07, 6.45) is 8.36. The van der Waals surface area contributed by atoms with E-state index in [9.17, 15) is 0 Å². The Morgan fingerprint density at radius 1 is 1.28 bits per heavy atom. The first-order valence-electron chi connectivity index (χ1n) is 5.84. The summed E-state index contributed by atoms with van der Waals surface area (Å²) in [5.41, 5.74) is 1.92. The Hall–Kier alpha value is -1.95. The summed E-state index contributed by atoms with van der Waals surface area (Å²) in [7, 11) is 0. The molecular weight excluding hydrogens is 246 g/mol. The number of pyridine rings is 1. The van der Waals surface area contributed by atoms with Gasteiger partial charge in [0.15, 0.2) is 10.4 Å². The van der Waals surface area contributed by atoms with Gasteiger partial charge in [0, 0.05) is 31.7 Å². The van der Waals surface area contributed by atoms with Crippen LogP contribution in [-0.4, -0.2) is 24.1 Å². The fraction of sp³-hybridized carbons (Fsp3) is 0.250. The molecule has 3 aromatic rings. The third-order valence-corrected chi connectivity index (χ3v) is 3.21. The molecule has 0 aliphatic rings. The molecule has 0 unspecified atom stereocenters. The molecule has 3 heterocycles. The molecule has 18 heavy (non-hydrogen) atoms. The van der Waals surface area contributed by atoms with Crippen LogP contribution in [0.3, 0.4) is 0 Å². The Balaban J connectivity index is 1.78. The predicted octanol–water partition coefficient (Wildman–Crippen LogP) is 2.38. The van der Waals surface area contributed by atoms with Crippen LogP contribution in [0.5, 0.6) is 0 Å². The molecule has 5 nitrogen and oxygen atoms in total. The fourth-order valence-electron chi connectivity index (χ4n) is 2.03. The minimum atomic E-state index is 0.731. The second-order valence-electron chi connectivity index (χ2n) is 4.11. The summed E-state index contributed by atoms with van der Waals surface area (Å²) in [5, 5.41) is 0. The zero-order chi connectivity index (χ0) is 12.4. The van der Waals surface area contributed by atoms with E-state index < -0.39 is 0 Å². The van der Waals surface area contributed by atoms with Gasteiger partial charge >= 0.3 is 0 Å². The average molecular weight is 259 g/mol. The Labute approximate surface area is 109 Å². The first-order chi connectivity index (χ1) is 8.84. The van der Waals surface area contributed by atoms with E-state index in [1.165, 1.54) is 0 Å². The molecule has 0 aliphatic heterocycles. The maximum absolute atomic E-state index is 5.31. The van der Waals surface area contributed by atoms with Gasteiger partial charge in [-0.05, 0) is 30.8 Å². The number of imidazole rings is 2. The van der Waals surface area contributed by atoms with E-state index in [4.69, 9.17) is 12.2 Å². The third-order valence-electron chi connectivity index (χ3n) is 2.89. The summed E-state index contributed by atoms with van der Waals surface area (Å²) < 4.78 is 4.84. The van der Waals surface area contributed by atoms with E-state index in [1.54, 1.807) is 12.4 Å². The van der Waals surface area contributed by atoms with Gasteiger partial charge in [-0.1, -0.05) is 0 Å². The molecule has 92 valence electrons. The number of aromatic nitrogens is 5. The van der Waals surface area contributed by atoms with Crippen molar-refractivity contribution >= 4 is 23.4 Å². The van der Waals surface area contributed by atoms with Crippen molar-refractivity contribution in [2.45, 2.75) is 19.5 Å². The maximum atomic E-state index is 5.31. The van der Waals surface area contributed by atoms with Crippen molar-refractivity contribution in [1.29, 1.82) is 0 Å². The van der Waals surface area contributed by atoms with Crippen molar-refractivity contribution in [3.8, 4) is 0 Å². The van der Waals surface area contributed by atoms with Crippen molar-refractivity contribution in [2.24, 2.45) is 0 Å². The quantitative estimate of drug-likeness (QED) is 0.732. The Morgan fingerprint density at radius 3 is 3.06 bits per heavy atom. The van der Waals surface area contributed by atoms with E-state index in [0.29, 0.717) is 0 Å². The van der Waals surface area contributed by atoms with Crippen LogP contribution in [0, 0.1) is 4.77 Å². The van der Waals surface area contributed by atoms with Crippen LogP contribution in [0.15, 0.2) is 37.1 Å². The highest BCUT2D eigenvalue weighted by atomic mass is 32.1. The number of hydrogen-bond acceptors (Lipinski definition) is 3. The van der Waals surface area contributed by atoms with Crippen LogP contribution in [0.25, 0.3) is 11.2 Å². The average Bonchev–Trinajstić information content (AvgIpc) is 2.98. The first-order valence-corrected chi connectivity index (χ1v) is 6.25. The molecule has 0 saturated heterocycles. The molecule has 1 N–H and O–H groups in total. The Bertz CT molecular complexity index is 695. The van der Waals surface area contributed by atoms with Crippen molar-refractivity contribution in [3.63, 3.8) is 0 Å². The van der Waals surface area contributed by atoms with Crippen LogP contribution in [-0.2, 0) is 13.1 Å². The summed E-state index contributed by atoms with van der Waals surface area (Å²) in [6.45, 7) is 1.79. The highest BCUT2D eigenvalue weighted by molar-refractivity contribution is 7.71. The lowest BCUT2D eigenvalue weighted by molar-refractivity contribution is 0.566. The number of aromatic amines is 1. The van der Waals surface area contributed by atoms with Crippen LogP contribution in [0.1, 0.15) is 6.42 Å². The fourth-order valence-corrected chi connectivity index (χ4v) is 2.31. The lowest BCUT2D eigenvalue weighted by Crippen LogP contribution is -2.03. The highest BCUT2D eigenvalue weighted by Crippen LogP contribution is 2.11. The normalized spacial score (nSPS) is 11.1. The monoisotopic (exact) mass is 259 g/mol. The van der Waals surface area contributed by atoms with Gasteiger partial charge in [-0.3, -0.25) is 0 Å². The lowest BCUT2D eigenvalue weighted by Gasteiger charge is -2.04. The second-order valence-corrected chi connectivity index (χ2v) is 4.50. The second kappa shape index (κ2) is 4.73. The van der Waals surface area contributed by atoms with E-state index in [2.05, 4.69) is 19.5 Å². The Morgan fingerprint density at radius 2 is 2.22 bits per heavy atom. The van der Waals surface area contributed by atoms with E-state index in [1.807, 2.05) is 29.2 Å². The number of hydrogen-bond donors (Lipinski definition) is 1. The first kappa shape index (κ1) is 11.2. The SMILES string of the molecule is S=c1[nH]c2cccnc2n1CCCn1ccnc1. The zero-order valence-corrected chi connectivity index (χ0v) is 10.6. The third kappa shape index (κ3) is 2.06. The van der Waals surface area contributed by atoms with Crippen LogP contribution < -0.4 is 0 Å². The number of aryl methyl sites for hydroxylation is 2.